The Labute approximate surface area is 144 Å². The molecule has 3 N–H and O–H groups in total. The summed E-state index contributed by atoms with van der Waals surface area (Å²) in [6.07, 6.45) is 2.61. The Kier molecular flexibility index (Phi) is 4.73. The summed E-state index contributed by atoms with van der Waals surface area (Å²) in [5, 5.41) is 19.5. The molecule has 7 nitrogen and oxygen atoms in total. The Bertz CT molecular complexity index is 725. The van der Waals surface area contributed by atoms with Gasteiger partial charge in [0.2, 0.25) is 5.88 Å². The van der Waals surface area contributed by atoms with E-state index in [1.807, 2.05) is 6.07 Å². The molecule has 1 aliphatic carbocycles. The van der Waals surface area contributed by atoms with Gasteiger partial charge in [0, 0.05) is 12.3 Å². The normalized spacial score (nSPS) is 21.0. The molecule has 24 heavy (non-hydrogen) atoms. The summed E-state index contributed by atoms with van der Waals surface area (Å²) in [5.74, 6) is 0.285. The van der Waals surface area contributed by atoms with Crippen LogP contribution in [0.3, 0.4) is 0 Å². The van der Waals surface area contributed by atoms with E-state index >= 15 is 0 Å². The molecular weight excluding hydrogens is 332 g/mol. The highest BCUT2D eigenvalue weighted by molar-refractivity contribution is 6.34. The van der Waals surface area contributed by atoms with Crippen molar-refractivity contribution in [3.05, 3.63) is 40.3 Å². The lowest BCUT2D eigenvalue weighted by atomic mass is 9.75. The second-order valence-corrected chi connectivity index (χ2v) is 6.36. The zero-order valence-corrected chi connectivity index (χ0v) is 14.2. The van der Waals surface area contributed by atoms with E-state index in [-0.39, 0.29) is 29.7 Å². The van der Waals surface area contributed by atoms with Crippen molar-refractivity contribution in [2.45, 2.75) is 31.9 Å². The molecular formula is C16H19ClN4O3. The van der Waals surface area contributed by atoms with Crippen LogP contribution in [0.25, 0.3) is 0 Å². The number of nitrogens with zero attached hydrogens (tertiary/aromatic N) is 2. The van der Waals surface area contributed by atoms with Crippen molar-refractivity contribution in [3.63, 3.8) is 0 Å². The van der Waals surface area contributed by atoms with Gasteiger partial charge in [0.15, 0.2) is 5.69 Å². The zero-order valence-electron chi connectivity index (χ0n) is 13.4. The van der Waals surface area contributed by atoms with Gasteiger partial charge in [-0.05, 0) is 31.2 Å². The SMILES string of the molecule is COc1ccc([C@H](NC(=O)c2n[nH]c(C)c2Cl)C2CC(O)C2)cn1. The maximum atomic E-state index is 12.5. The molecule has 0 unspecified atom stereocenters. The number of aliphatic hydroxyl groups is 1. The van der Waals surface area contributed by atoms with Crippen LogP contribution in [0.15, 0.2) is 18.3 Å². The minimum absolute atomic E-state index is 0.137. The van der Waals surface area contributed by atoms with E-state index in [1.54, 1.807) is 26.3 Å². The van der Waals surface area contributed by atoms with Crippen LogP contribution < -0.4 is 10.1 Å². The number of halogens is 1. The van der Waals surface area contributed by atoms with Crippen molar-refractivity contribution in [1.29, 1.82) is 0 Å². The van der Waals surface area contributed by atoms with Crippen LogP contribution >= 0.6 is 11.6 Å². The van der Waals surface area contributed by atoms with E-state index < -0.39 is 0 Å². The van der Waals surface area contributed by atoms with Crippen LogP contribution in [0, 0.1) is 12.8 Å². The van der Waals surface area contributed by atoms with E-state index in [4.69, 9.17) is 16.3 Å². The summed E-state index contributed by atoms with van der Waals surface area (Å²) in [4.78, 5) is 16.7. The molecule has 2 heterocycles. The van der Waals surface area contributed by atoms with E-state index in [1.165, 1.54) is 0 Å². The van der Waals surface area contributed by atoms with Crippen LogP contribution in [0.4, 0.5) is 0 Å². The topological polar surface area (TPSA) is 100 Å². The first-order chi connectivity index (χ1) is 11.5. The van der Waals surface area contributed by atoms with Gasteiger partial charge in [-0.25, -0.2) is 4.98 Å². The molecule has 2 aromatic rings. The lowest BCUT2D eigenvalue weighted by Crippen LogP contribution is -2.41. The number of aliphatic hydroxyl groups excluding tert-OH is 1. The Hall–Kier alpha value is -2.12. The third-order valence-electron chi connectivity index (χ3n) is 4.32. The highest BCUT2D eigenvalue weighted by Crippen LogP contribution is 2.38. The van der Waals surface area contributed by atoms with Gasteiger partial charge in [-0.2, -0.15) is 5.10 Å². The molecule has 0 aliphatic heterocycles. The number of nitrogens with one attached hydrogen (secondary N) is 2. The number of carbonyl (C=O) groups excluding carboxylic acids is 1. The number of pyridine rings is 1. The number of carbonyl (C=O) groups is 1. The third-order valence-corrected chi connectivity index (χ3v) is 4.79. The molecule has 128 valence electrons. The molecule has 1 saturated carbocycles. The second-order valence-electron chi connectivity index (χ2n) is 5.98. The average molecular weight is 351 g/mol. The molecule has 0 spiro atoms. The summed E-state index contributed by atoms with van der Waals surface area (Å²) in [6.45, 7) is 1.75. The quantitative estimate of drug-likeness (QED) is 0.766. The van der Waals surface area contributed by atoms with Crippen molar-refractivity contribution >= 4 is 17.5 Å². The molecule has 0 radical (unpaired) electrons. The fourth-order valence-corrected chi connectivity index (χ4v) is 3.02. The van der Waals surface area contributed by atoms with Gasteiger partial charge < -0.3 is 15.2 Å². The van der Waals surface area contributed by atoms with Gasteiger partial charge in [0.05, 0.1) is 30.0 Å². The summed E-state index contributed by atoms with van der Waals surface area (Å²) >= 11 is 6.10. The predicted octanol–water partition coefficient (Wildman–Crippen LogP) is 2.02. The maximum Gasteiger partial charge on any atom is 0.273 e. The maximum absolute atomic E-state index is 12.5. The number of aromatic nitrogens is 3. The standard InChI is InChI=1S/C16H19ClN4O3/c1-8-13(17)15(21-20-8)16(23)19-14(10-5-11(22)6-10)9-3-4-12(24-2)18-7-9/h3-4,7,10-11,14,22H,5-6H2,1-2H3,(H,19,23)(H,20,21)/t10?,11?,14-/m0/s1. The van der Waals surface area contributed by atoms with Crippen LogP contribution in [0.1, 0.15) is 40.6 Å². The minimum Gasteiger partial charge on any atom is -0.481 e. The number of H-pyrrole nitrogens is 1. The molecule has 8 heteroatoms. The Morgan fingerprint density at radius 2 is 2.25 bits per heavy atom. The zero-order chi connectivity index (χ0) is 17.3. The molecule has 2 aromatic heterocycles. The largest absolute Gasteiger partial charge is 0.481 e. The third kappa shape index (κ3) is 3.22. The molecule has 0 bridgehead atoms. The molecule has 3 rings (SSSR count). The number of amides is 1. The van der Waals surface area contributed by atoms with Crippen LogP contribution in [0.5, 0.6) is 5.88 Å². The predicted molar refractivity (Wildman–Crippen MR) is 88.1 cm³/mol. The Balaban J connectivity index is 1.82. The van der Waals surface area contributed by atoms with Crippen molar-refractivity contribution in [2.75, 3.05) is 7.11 Å². The van der Waals surface area contributed by atoms with E-state index in [0.29, 0.717) is 29.4 Å². The monoisotopic (exact) mass is 350 g/mol. The van der Waals surface area contributed by atoms with Gasteiger partial charge in [-0.3, -0.25) is 9.89 Å². The lowest BCUT2D eigenvalue weighted by molar-refractivity contribution is 0.0234. The van der Waals surface area contributed by atoms with E-state index in [9.17, 15) is 9.90 Å². The molecule has 1 amide bonds. The average Bonchev–Trinajstić information content (AvgIpc) is 2.89. The molecule has 1 aliphatic rings. The van der Waals surface area contributed by atoms with E-state index in [0.717, 1.165) is 5.56 Å². The van der Waals surface area contributed by atoms with E-state index in [2.05, 4.69) is 20.5 Å². The molecule has 0 saturated heterocycles. The highest BCUT2D eigenvalue weighted by atomic mass is 35.5. The van der Waals surface area contributed by atoms with Gasteiger partial charge in [-0.15, -0.1) is 0 Å². The van der Waals surface area contributed by atoms with Crippen LogP contribution in [0.2, 0.25) is 5.02 Å². The lowest BCUT2D eigenvalue weighted by Gasteiger charge is -2.38. The summed E-state index contributed by atoms with van der Waals surface area (Å²) in [5.41, 5.74) is 1.66. The number of aromatic amines is 1. The summed E-state index contributed by atoms with van der Waals surface area (Å²) in [7, 11) is 1.55. The first-order valence-electron chi connectivity index (χ1n) is 7.69. The van der Waals surface area contributed by atoms with Crippen molar-refractivity contribution in [3.8, 4) is 5.88 Å². The summed E-state index contributed by atoms with van der Waals surface area (Å²) < 4.78 is 5.07. The number of methoxy groups -OCH3 is 1. The second kappa shape index (κ2) is 6.78. The Morgan fingerprint density at radius 3 is 2.75 bits per heavy atom. The van der Waals surface area contributed by atoms with Gasteiger partial charge in [-0.1, -0.05) is 17.7 Å². The van der Waals surface area contributed by atoms with Gasteiger partial charge in [0.25, 0.3) is 5.91 Å². The van der Waals surface area contributed by atoms with Crippen LogP contribution in [-0.2, 0) is 0 Å². The number of rotatable bonds is 5. The fraction of sp³-hybridized carbons (Fsp3) is 0.438. The minimum atomic E-state index is -0.355. The summed E-state index contributed by atoms with van der Waals surface area (Å²) in [6, 6.07) is 3.33. The fourth-order valence-electron chi connectivity index (χ4n) is 2.85. The first kappa shape index (κ1) is 16.7. The smallest absolute Gasteiger partial charge is 0.273 e. The first-order valence-corrected chi connectivity index (χ1v) is 8.06. The number of aryl methyl sites for hydroxylation is 1. The molecule has 1 atom stereocenters. The Morgan fingerprint density at radius 1 is 1.50 bits per heavy atom. The van der Waals surface area contributed by atoms with Crippen molar-refractivity contribution in [2.24, 2.45) is 5.92 Å². The number of hydrogen-bond acceptors (Lipinski definition) is 5. The number of hydrogen-bond donors (Lipinski definition) is 3. The van der Waals surface area contributed by atoms with Crippen molar-refractivity contribution in [1.82, 2.24) is 20.5 Å². The van der Waals surface area contributed by atoms with Crippen LogP contribution in [-0.4, -0.2) is 39.4 Å². The van der Waals surface area contributed by atoms with Gasteiger partial charge in [0.1, 0.15) is 0 Å². The highest BCUT2D eigenvalue weighted by Gasteiger charge is 2.36. The van der Waals surface area contributed by atoms with Gasteiger partial charge >= 0.3 is 0 Å². The number of ether oxygens (including phenoxy) is 1. The molecule has 0 aromatic carbocycles. The van der Waals surface area contributed by atoms with Crippen molar-refractivity contribution < 1.29 is 14.6 Å². The molecule has 1 fully saturated rings.